The first-order valence-corrected chi connectivity index (χ1v) is 12.1. The van der Waals surface area contributed by atoms with Gasteiger partial charge in [0.25, 0.3) is 0 Å². The Labute approximate surface area is 202 Å². The lowest BCUT2D eigenvalue weighted by Gasteiger charge is -2.18. The Hall–Kier alpha value is -3.12. The first-order chi connectivity index (χ1) is 16.1. The number of carbonyl (C=O) groups excluding carboxylic acids is 1. The quantitative estimate of drug-likeness (QED) is 0.286. The van der Waals surface area contributed by atoms with Crippen LogP contribution in [-0.4, -0.2) is 28.6 Å². The topological polar surface area (TPSA) is 47.4 Å². The fraction of sp³-hybridized carbons (Fsp3) is 0.259. The predicted octanol–water partition coefficient (Wildman–Crippen LogP) is 6.10. The number of halogens is 1. The molecule has 1 saturated heterocycles. The monoisotopic (exact) mass is 503 g/mol. The SMILES string of the molecule is Cc1ccccc1OCCCn1c(C2CC(=O)N(c3cccc(Br)c3)C2)nc2ccccc21. The van der Waals surface area contributed by atoms with Crippen LogP contribution in [0, 0.1) is 6.92 Å². The molecular formula is C27H26BrN3O2. The summed E-state index contributed by atoms with van der Waals surface area (Å²) in [7, 11) is 0. The standard InChI is InChI=1S/C27H26BrN3O2/c1-19-8-2-5-13-25(19)33-15-7-14-30-24-12-4-3-11-23(24)29-27(30)20-16-26(32)31(18-20)22-10-6-9-21(28)17-22/h2-6,8-13,17,20H,7,14-16,18H2,1H3. The Morgan fingerprint density at radius 3 is 2.73 bits per heavy atom. The first-order valence-electron chi connectivity index (χ1n) is 11.3. The average molecular weight is 504 g/mol. The summed E-state index contributed by atoms with van der Waals surface area (Å²) in [6.45, 7) is 4.12. The normalized spacial score (nSPS) is 16.0. The number of benzene rings is 3. The fourth-order valence-electron chi connectivity index (χ4n) is 4.54. The number of hydrogen-bond acceptors (Lipinski definition) is 3. The lowest BCUT2D eigenvalue weighted by atomic mass is 10.1. The van der Waals surface area contributed by atoms with Crippen molar-refractivity contribution in [1.82, 2.24) is 9.55 Å². The van der Waals surface area contributed by atoms with Crippen LogP contribution in [0.2, 0.25) is 0 Å². The smallest absolute Gasteiger partial charge is 0.227 e. The summed E-state index contributed by atoms with van der Waals surface area (Å²) in [5.74, 6) is 2.11. The van der Waals surface area contributed by atoms with Crippen LogP contribution in [0.15, 0.2) is 77.3 Å². The number of para-hydroxylation sites is 3. The van der Waals surface area contributed by atoms with Crippen molar-refractivity contribution in [3.05, 3.63) is 88.7 Å². The second-order valence-electron chi connectivity index (χ2n) is 8.46. The van der Waals surface area contributed by atoms with Gasteiger partial charge in [-0.25, -0.2) is 4.98 Å². The van der Waals surface area contributed by atoms with E-state index in [1.54, 1.807) is 0 Å². The van der Waals surface area contributed by atoms with Crippen LogP contribution in [0.3, 0.4) is 0 Å². The third kappa shape index (κ3) is 4.53. The van der Waals surface area contributed by atoms with E-state index < -0.39 is 0 Å². The number of fused-ring (bicyclic) bond motifs is 1. The number of rotatable bonds is 7. The third-order valence-electron chi connectivity index (χ3n) is 6.17. The maximum absolute atomic E-state index is 12.9. The van der Waals surface area contributed by atoms with Crippen molar-refractivity contribution in [2.24, 2.45) is 0 Å². The number of amides is 1. The summed E-state index contributed by atoms with van der Waals surface area (Å²) in [5.41, 5.74) is 4.15. The highest BCUT2D eigenvalue weighted by atomic mass is 79.9. The van der Waals surface area contributed by atoms with Gasteiger partial charge in [0.1, 0.15) is 11.6 Å². The van der Waals surface area contributed by atoms with Gasteiger partial charge in [0, 0.05) is 35.6 Å². The molecule has 0 aliphatic carbocycles. The van der Waals surface area contributed by atoms with E-state index in [9.17, 15) is 4.79 Å². The molecule has 6 heteroatoms. The van der Waals surface area contributed by atoms with E-state index in [1.165, 1.54) is 0 Å². The number of imidazole rings is 1. The number of hydrogen-bond donors (Lipinski definition) is 0. The zero-order valence-corrected chi connectivity index (χ0v) is 20.2. The molecule has 168 valence electrons. The number of anilines is 1. The molecule has 1 aromatic heterocycles. The van der Waals surface area contributed by atoms with Gasteiger partial charge in [0.05, 0.1) is 17.6 Å². The molecular weight excluding hydrogens is 478 g/mol. The van der Waals surface area contributed by atoms with Crippen molar-refractivity contribution in [3.63, 3.8) is 0 Å². The number of ether oxygens (including phenoxy) is 1. The fourth-order valence-corrected chi connectivity index (χ4v) is 4.93. The first kappa shape index (κ1) is 21.7. The summed E-state index contributed by atoms with van der Waals surface area (Å²) in [5, 5.41) is 0. The molecule has 0 radical (unpaired) electrons. The zero-order valence-electron chi connectivity index (χ0n) is 18.6. The summed E-state index contributed by atoms with van der Waals surface area (Å²) in [6, 6.07) is 24.2. The number of aromatic nitrogens is 2. The van der Waals surface area contributed by atoms with Crippen molar-refractivity contribution in [1.29, 1.82) is 0 Å². The Morgan fingerprint density at radius 2 is 1.88 bits per heavy atom. The van der Waals surface area contributed by atoms with Crippen LogP contribution in [0.25, 0.3) is 11.0 Å². The van der Waals surface area contributed by atoms with E-state index in [-0.39, 0.29) is 11.8 Å². The highest BCUT2D eigenvalue weighted by molar-refractivity contribution is 9.10. The molecule has 1 aliphatic rings. The maximum atomic E-state index is 12.9. The van der Waals surface area contributed by atoms with Gasteiger partial charge in [-0.15, -0.1) is 0 Å². The molecule has 33 heavy (non-hydrogen) atoms. The van der Waals surface area contributed by atoms with Crippen LogP contribution >= 0.6 is 15.9 Å². The van der Waals surface area contributed by atoms with Gasteiger partial charge in [-0.1, -0.05) is 52.3 Å². The molecule has 1 fully saturated rings. The van der Waals surface area contributed by atoms with Gasteiger partial charge in [-0.3, -0.25) is 4.79 Å². The van der Waals surface area contributed by atoms with Gasteiger partial charge >= 0.3 is 0 Å². The summed E-state index contributed by atoms with van der Waals surface area (Å²) in [6.07, 6.45) is 1.33. The second-order valence-corrected chi connectivity index (χ2v) is 9.38. The van der Waals surface area contributed by atoms with Crippen molar-refractivity contribution < 1.29 is 9.53 Å². The zero-order chi connectivity index (χ0) is 22.8. The van der Waals surface area contributed by atoms with Gasteiger partial charge in [-0.05, 0) is 55.3 Å². The molecule has 0 saturated carbocycles. The molecule has 1 atom stereocenters. The predicted molar refractivity (Wildman–Crippen MR) is 135 cm³/mol. The Balaban J connectivity index is 1.36. The van der Waals surface area contributed by atoms with E-state index >= 15 is 0 Å². The van der Waals surface area contributed by atoms with Crippen molar-refractivity contribution >= 4 is 38.6 Å². The van der Waals surface area contributed by atoms with Crippen LogP contribution in [0.5, 0.6) is 5.75 Å². The molecule has 0 N–H and O–H groups in total. The van der Waals surface area contributed by atoms with E-state index in [0.717, 1.165) is 51.3 Å². The molecule has 0 bridgehead atoms. The minimum Gasteiger partial charge on any atom is -0.493 e. The van der Waals surface area contributed by atoms with Gasteiger partial charge in [-0.2, -0.15) is 0 Å². The van der Waals surface area contributed by atoms with E-state index in [0.29, 0.717) is 19.6 Å². The summed E-state index contributed by atoms with van der Waals surface area (Å²) >= 11 is 3.51. The van der Waals surface area contributed by atoms with Crippen LogP contribution < -0.4 is 9.64 Å². The Morgan fingerprint density at radius 1 is 1.06 bits per heavy atom. The largest absolute Gasteiger partial charge is 0.493 e. The lowest BCUT2D eigenvalue weighted by Crippen LogP contribution is -2.24. The van der Waals surface area contributed by atoms with Gasteiger partial charge in [0.2, 0.25) is 5.91 Å². The summed E-state index contributed by atoms with van der Waals surface area (Å²) in [4.78, 5) is 19.7. The molecule has 1 unspecified atom stereocenters. The van der Waals surface area contributed by atoms with Gasteiger partial charge in [0.15, 0.2) is 0 Å². The number of aryl methyl sites for hydroxylation is 2. The molecule has 2 heterocycles. The van der Waals surface area contributed by atoms with E-state index in [2.05, 4.69) is 39.6 Å². The Bertz CT molecular complexity index is 1300. The number of carbonyl (C=O) groups is 1. The molecule has 1 amide bonds. The van der Waals surface area contributed by atoms with Crippen LogP contribution in [0.1, 0.15) is 30.1 Å². The minimum atomic E-state index is 0.0566. The minimum absolute atomic E-state index is 0.0566. The van der Waals surface area contributed by atoms with E-state index in [4.69, 9.17) is 9.72 Å². The molecule has 0 spiro atoms. The molecule has 5 rings (SSSR count). The third-order valence-corrected chi connectivity index (χ3v) is 6.66. The summed E-state index contributed by atoms with van der Waals surface area (Å²) < 4.78 is 9.26. The van der Waals surface area contributed by atoms with Crippen LogP contribution in [0.4, 0.5) is 5.69 Å². The Kier molecular flexibility index (Phi) is 6.18. The second kappa shape index (κ2) is 9.40. The molecule has 4 aromatic rings. The molecule has 3 aromatic carbocycles. The maximum Gasteiger partial charge on any atom is 0.227 e. The highest BCUT2D eigenvalue weighted by Gasteiger charge is 2.34. The van der Waals surface area contributed by atoms with Crippen molar-refractivity contribution in [2.45, 2.75) is 32.2 Å². The van der Waals surface area contributed by atoms with E-state index in [1.807, 2.05) is 65.6 Å². The highest BCUT2D eigenvalue weighted by Crippen LogP contribution is 2.34. The van der Waals surface area contributed by atoms with Crippen molar-refractivity contribution in [2.75, 3.05) is 18.1 Å². The van der Waals surface area contributed by atoms with Crippen LogP contribution in [-0.2, 0) is 11.3 Å². The average Bonchev–Trinajstić information content (AvgIpc) is 3.38. The lowest BCUT2D eigenvalue weighted by molar-refractivity contribution is -0.117. The molecule has 5 nitrogen and oxygen atoms in total. The van der Waals surface area contributed by atoms with Gasteiger partial charge < -0.3 is 14.2 Å². The number of nitrogens with zero attached hydrogens (tertiary/aromatic N) is 3. The van der Waals surface area contributed by atoms with Crippen molar-refractivity contribution in [3.8, 4) is 5.75 Å². The molecule has 1 aliphatic heterocycles.